The summed E-state index contributed by atoms with van der Waals surface area (Å²) in [5.74, 6) is 0. The molecular formula is C11H11ClN2S. The van der Waals surface area contributed by atoms with Gasteiger partial charge < -0.3 is 5.73 Å². The maximum absolute atomic E-state index is 5.83. The van der Waals surface area contributed by atoms with Crippen molar-refractivity contribution in [3.8, 4) is 10.4 Å². The molecular weight excluding hydrogens is 228 g/mol. The predicted molar refractivity (Wildman–Crippen MR) is 65.3 cm³/mol. The molecule has 0 atom stereocenters. The fraction of sp³-hybridized carbons (Fsp3) is 0.182. The van der Waals surface area contributed by atoms with E-state index in [9.17, 15) is 0 Å². The molecule has 0 radical (unpaired) electrons. The number of rotatable bonds is 3. The summed E-state index contributed by atoms with van der Waals surface area (Å²) in [7, 11) is 0. The van der Waals surface area contributed by atoms with E-state index in [-0.39, 0.29) is 0 Å². The Morgan fingerprint density at radius 3 is 2.67 bits per heavy atom. The molecule has 1 aromatic heterocycles. The summed E-state index contributed by atoms with van der Waals surface area (Å²) in [6.07, 6.45) is 0.837. The van der Waals surface area contributed by atoms with Crippen molar-refractivity contribution in [3.05, 3.63) is 41.0 Å². The molecule has 2 rings (SSSR count). The van der Waals surface area contributed by atoms with Gasteiger partial charge in [-0.1, -0.05) is 23.7 Å². The van der Waals surface area contributed by atoms with Gasteiger partial charge in [0, 0.05) is 11.4 Å². The van der Waals surface area contributed by atoms with E-state index >= 15 is 0 Å². The van der Waals surface area contributed by atoms with Gasteiger partial charge in [0.15, 0.2) is 0 Å². The SMILES string of the molecule is NCCc1cc(-c2ccc(Cl)cc2)sn1. The van der Waals surface area contributed by atoms with E-state index < -0.39 is 0 Å². The highest BCUT2D eigenvalue weighted by atomic mass is 35.5. The van der Waals surface area contributed by atoms with Gasteiger partial charge in [0.1, 0.15) is 0 Å². The first-order chi connectivity index (χ1) is 7.29. The fourth-order valence-electron chi connectivity index (χ4n) is 1.33. The molecule has 1 heterocycles. The van der Waals surface area contributed by atoms with Gasteiger partial charge in [-0.25, -0.2) is 0 Å². The van der Waals surface area contributed by atoms with E-state index in [2.05, 4.69) is 10.4 Å². The zero-order chi connectivity index (χ0) is 10.7. The first kappa shape index (κ1) is 10.6. The summed E-state index contributed by atoms with van der Waals surface area (Å²) in [6.45, 7) is 0.643. The molecule has 15 heavy (non-hydrogen) atoms. The predicted octanol–water partition coefficient (Wildman–Crippen LogP) is 2.96. The summed E-state index contributed by atoms with van der Waals surface area (Å²) in [5.41, 5.74) is 7.69. The number of benzene rings is 1. The van der Waals surface area contributed by atoms with Crippen LogP contribution in [0.25, 0.3) is 10.4 Å². The number of hydrogen-bond acceptors (Lipinski definition) is 3. The van der Waals surface area contributed by atoms with E-state index in [1.165, 1.54) is 11.5 Å². The van der Waals surface area contributed by atoms with E-state index in [0.717, 1.165) is 27.6 Å². The van der Waals surface area contributed by atoms with E-state index in [1.807, 2.05) is 24.3 Å². The molecule has 0 spiro atoms. The topological polar surface area (TPSA) is 38.9 Å². The Morgan fingerprint density at radius 2 is 2.00 bits per heavy atom. The van der Waals surface area contributed by atoms with E-state index in [0.29, 0.717) is 6.54 Å². The molecule has 0 unspecified atom stereocenters. The third-order valence-electron chi connectivity index (χ3n) is 2.09. The lowest BCUT2D eigenvalue weighted by Crippen LogP contribution is -2.02. The number of nitrogens with zero attached hydrogens (tertiary/aromatic N) is 1. The molecule has 0 aliphatic heterocycles. The molecule has 2 aromatic rings. The van der Waals surface area contributed by atoms with Crippen molar-refractivity contribution >= 4 is 23.1 Å². The number of aromatic nitrogens is 1. The summed E-state index contributed by atoms with van der Waals surface area (Å²) < 4.78 is 4.33. The lowest BCUT2D eigenvalue weighted by Gasteiger charge is -1.95. The second-order valence-corrected chi connectivity index (χ2v) is 4.47. The zero-order valence-electron chi connectivity index (χ0n) is 8.11. The monoisotopic (exact) mass is 238 g/mol. The molecule has 1 aromatic carbocycles. The standard InChI is InChI=1S/C11H11ClN2S/c12-9-3-1-8(2-4-9)11-7-10(5-6-13)14-15-11/h1-4,7H,5-6,13H2. The first-order valence-corrected chi connectivity index (χ1v) is 5.86. The van der Waals surface area contributed by atoms with Crippen LogP contribution in [0.5, 0.6) is 0 Å². The third-order valence-corrected chi connectivity index (χ3v) is 3.22. The molecule has 2 N–H and O–H groups in total. The summed E-state index contributed by atoms with van der Waals surface area (Å²) in [4.78, 5) is 1.16. The van der Waals surface area contributed by atoms with Gasteiger partial charge in [-0.05, 0) is 41.8 Å². The van der Waals surface area contributed by atoms with Crippen LogP contribution < -0.4 is 5.73 Å². The average Bonchev–Trinajstić information content (AvgIpc) is 2.68. The molecule has 0 aliphatic carbocycles. The Balaban J connectivity index is 2.25. The second kappa shape index (κ2) is 4.75. The molecule has 0 fully saturated rings. The summed E-state index contributed by atoms with van der Waals surface area (Å²) >= 11 is 7.33. The van der Waals surface area contributed by atoms with Crippen LogP contribution in [0.2, 0.25) is 5.02 Å². The Morgan fingerprint density at radius 1 is 1.27 bits per heavy atom. The van der Waals surface area contributed by atoms with Crippen LogP contribution in [-0.2, 0) is 6.42 Å². The second-order valence-electron chi connectivity index (χ2n) is 3.23. The zero-order valence-corrected chi connectivity index (χ0v) is 9.68. The first-order valence-electron chi connectivity index (χ1n) is 4.71. The van der Waals surface area contributed by atoms with Crippen molar-refractivity contribution in [2.24, 2.45) is 5.73 Å². The highest BCUT2D eigenvalue weighted by molar-refractivity contribution is 7.09. The van der Waals surface area contributed by atoms with Crippen molar-refractivity contribution in [1.29, 1.82) is 0 Å². The minimum Gasteiger partial charge on any atom is -0.330 e. The highest BCUT2D eigenvalue weighted by Crippen LogP contribution is 2.26. The maximum Gasteiger partial charge on any atom is 0.0561 e. The van der Waals surface area contributed by atoms with Crippen LogP contribution in [0.15, 0.2) is 30.3 Å². The van der Waals surface area contributed by atoms with Crippen LogP contribution in [0.1, 0.15) is 5.69 Å². The number of halogens is 1. The van der Waals surface area contributed by atoms with Gasteiger partial charge in [0.25, 0.3) is 0 Å². The Bertz CT molecular complexity index is 436. The Labute approximate surface area is 97.9 Å². The van der Waals surface area contributed by atoms with Crippen LogP contribution in [0.3, 0.4) is 0 Å². The van der Waals surface area contributed by atoms with Gasteiger partial charge in [0.2, 0.25) is 0 Å². The van der Waals surface area contributed by atoms with Gasteiger partial charge in [0.05, 0.1) is 10.6 Å². The number of nitrogens with two attached hydrogens (primary N) is 1. The van der Waals surface area contributed by atoms with Crippen LogP contribution in [0, 0.1) is 0 Å². The van der Waals surface area contributed by atoms with Crippen LogP contribution in [-0.4, -0.2) is 10.9 Å². The molecule has 0 saturated carbocycles. The molecule has 78 valence electrons. The van der Waals surface area contributed by atoms with Gasteiger partial charge in [-0.2, -0.15) is 4.37 Å². The highest BCUT2D eigenvalue weighted by Gasteiger charge is 2.03. The van der Waals surface area contributed by atoms with E-state index in [1.54, 1.807) is 0 Å². The molecule has 4 heteroatoms. The van der Waals surface area contributed by atoms with Gasteiger partial charge in [-0.15, -0.1) is 0 Å². The van der Waals surface area contributed by atoms with Crippen molar-refractivity contribution < 1.29 is 0 Å². The Hall–Kier alpha value is -0.900. The van der Waals surface area contributed by atoms with Crippen molar-refractivity contribution in [3.63, 3.8) is 0 Å². The van der Waals surface area contributed by atoms with Gasteiger partial charge in [-0.3, -0.25) is 0 Å². The molecule has 2 nitrogen and oxygen atoms in total. The Kier molecular flexibility index (Phi) is 3.36. The quantitative estimate of drug-likeness (QED) is 0.893. The fourth-order valence-corrected chi connectivity index (χ4v) is 2.24. The summed E-state index contributed by atoms with van der Waals surface area (Å²) in [6, 6.07) is 9.86. The normalized spacial score (nSPS) is 10.5. The number of hydrogen-bond donors (Lipinski definition) is 1. The van der Waals surface area contributed by atoms with Crippen molar-refractivity contribution in [2.45, 2.75) is 6.42 Å². The lowest BCUT2D eigenvalue weighted by atomic mass is 10.2. The maximum atomic E-state index is 5.83. The molecule has 0 saturated heterocycles. The summed E-state index contributed by atoms with van der Waals surface area (Å²) in [5, 5.41) is 0.755. The van der Waals surface area contributed by atoms with E-state index in [4.69, 9.17) is 17.3 Å². The minimum absolute atomic E-state index is 0.643. The average molecular weight is 239 g/mol. The molecule has 0 aliphatic rings. The third kappa shape index (κ3) is 2.56. The van der Waals surface area contributed by atoms with Crippen molar-refractivity contribution in [1.82, 2.24) is 4.37 Å². The van der Waals surface area contributed by atoms with Gasteiger partial charge >= 0.3 is 0 Å². The largest absolute Gasteiger partial charge is 0.330 e. The van der Waals surface area contributed by atoms with Crippen LogP contribution >= 0.6 is 23.1 Å². The van der Waals surface area contributed by atoms with Crippen molar-refractivity contribution in [2.75, 3.05) is 6.54 Å². The smallest absolute Gasteiger partial charge is 0.0561 e. The van der Waals surface area contributed by atoms with Crippen LogP contribution in [0.4, 0.5) is 0 Å². The molecule has 0 bridgehead atoms. The minimum atomic E-state index is 0.643. The lowest BCUT2D eigenvalue weighted by molar-refractivity contribution is 0.945. The molecule has 0 amide bonds.